The molecule has 0 unspecified atom stereocenters. The first-order valence-corrected chi connectivity index (χ1v) is 6.53. The van der Waals surface area contributed by atoms with Gasteiger partial charge in [0.2, 0.25) is 0 Å². The molecule has 2 aromatic carbocycles. The second-order valence-electron chi connectivity index (χ2n) is 4.17. The molecule has 0 fully saturated rings. The SMILES string of the molecule is O=C(O)c1[nH]nnc1Nc1ccc2cc(Br)ccc2c1. The third kappa shape index (κ3) is 2.35. The van der Waals surface area contributed by atoms with Crippen molar-refractivity contribution in [2.24, 2.45) is 0 Å². The van der Waals surface area contributed by atoms with Crippen LogP contribution >= 0.6 is 15.9 Å². The summed E-state index contributed by atoms with van der Waals surface area (Å²) in [6, 6.07) is 11.7. The zero-order valence-corrected chi connectivity index (χ0v) is 11.7. The number of nitrogens with one attached hydrogen (secondary N) is 2. The molecule has 3 rings (SSSR count). The molecule has 0 spiro atoms. The molecule has 0 radical (unpaired) electrons. The highest BCUT2D eigenvalue weighted by Gasteiger charge is 2.14. The fourth-order valence-corrected chi connectivity index (χ4v) is 2.27. The van der Waals surface area contributed by atoms with E-state index in [-0.39, 0.29) is 11.5 Å². The standard InChI is InChI=1S/C13H9BrN4O2/c14-9-3-1-8-6-10(4-2-7(8)5-9)15-12-11(13(19)20)16-18-17-12/h1-6H,(H,19,20)(H2,15,16,17,18). The van der Waals surface area contributed by atoms with Crippen LogP contribution in [0.5, 0.6) is 0 Å². The normalized spacial score (nSPS) is 10.7. The van der Waals surface area contributed by atoms with Crippen LogP contribution in [-0.2, 0) is 0 Å². The van der Waals surface area contributed by atoms with Gasteiger partial charge in [-0.2, -0.15) is 0 Å². The number of aromatic amines is 1. The van der Waals surface area contributed by atoms with Gasteiger partial charge >= 0.3 is 5.97 Å². The molecule has 0 amide bonds. The number of carboxylic acids is 1. The minimum Gasteiger partial charge on any atom is -0.476 e. The topological polar surface area (TPSA) is 90.9 Å². The number of hydrogen-bond acceptors (Lipinski definition) is 4. The largest absolute Gasteiger partial charge is 0.476 e. The van der Waals surface area contributed by atoms with Gasteiger partial charge in [-0.15, -0.1) is 5.10 Å². The number of halogens is 1. The summed E-state index contributed by atoms with van der Waals surface area (Å²) in [5.41, 5.74) is 0.678. The van der Waals surface area contributed by atoms with Gasteiger partial charge in [-0.1, -0.05) is 33.3 Å². The number of fused-ring (bicyclic) bond motifs is 1. The Labute approximate surface area is 121 Å². The third-order valence-electron chi connectivity index (χ3n) is 2.83. The van der Waals surface area contributed by atoms with Crippen LogP contribution in [0.1, 0.15) is 10.5 Å². The minimum atomic E-state index is -1.11. The predicted octanol–water partition coefficient (Wildman–Crippen LogP) is 3.16. The first-order valence-electron chi connectivity index (χ1n) is 5.74. The number of benzene rings is 2. The van der Waals surface area contributed by atoms with E-state index in [9.17, 15) is 4.79 Å². The van der Waals surface area contributed by atoms with E-state index in [0.29, 0.717) is 0 Å². The molecule has 0 bridgehead atoms. The van der Waals surface area contributed by atoms with Gasteiger partial charge in [0.15, 0.2) is 11.5 Å². The number of rotatable bonds is 3. The minimum absolute atomic E-state index is 0.0686. The van der Waals surface area contributed by atoms with Crippen LogP contribution in [0, 0.1) is 0 Å². The van der Waals surface area contributed by atoms with Gasteiger partial charge in [0.1, 0.15) is 0 Å². The molecule has 20 heavy (non-hydrogen) atoms. The average Bonchev–Trinajstić information content (AvgIpc) is 2.87. The van der Waals surface area contributed by atoms with Gasteiger partial charge < -0.3 is 10.4 Å². The van der Waals surface area contributed by atoms with Gasteiger partial charge in [-0.25, -0.2) is 9.89 Å². The molecule has 6 nitrogen and oxygen atoms in total. The maximum absolute atomic E-state index is 11.0. The second-order valence-corrected chi connectivity index (χ2v) is 5.09. The summed E-state index contributed by atoms with van der Waals surface area (Å²) in [5, 5.41) is 23.6. The number of aromatic nitrogens is 3. The number of carboxylic acid groups (broad SMARTS) is 1. The van der Waals surface area contributed by atoms with Crippen molar-refractivity contribution >= 4 is 44.2 Å². The molecule has 100 valence electrons. The number of aromatic carboxylic acids is 1. The fraction of sp³-hybridized carbons (Fsp3) is 0. The van der Waals surface area contributed by atoms with Crippen molar-refractivity contribution in [2.45, 2.75) is 0 Å². The highest BCUT2D eigenvalue weighted by Crippen LogP contribution is 2.25. The van der Waals surface area contributed by atoms with Gasteiger partial charge in [0.25, 0.3) is 0 Å². The molecule has 0 saturated carbocycles. The Morgan fingerprint density at radius 1 is 1.20 bits per heavy atom. The van der Waals surface area contributed by atoms with Crippen molar-refractivity contribution in [1.82, 2.24) is 15.4 Å². The van der Waals surface area contributed by atoms with Gasteiger partial charge in [-0.3, -0.25) is 0 Å². The molecule has 3 aromatic rings. The van der Waals surface area contributed by atoms with Crippen molar-refractivity contribution in [3.8, 4) is 0 Å². The maximum Gasteiger partial charge on any atom is 0.357 e. The summed E-state index contributed by atoms with van der Waals surface area (Å²) in [7, 11) is 0. The van der Waals surface area contributed by atoms with E-state index in [4.69, 9.17) is 5.11 Å². The lowest BCUT2D eigenvalue weighted by atomic mass is 10.1. The molecule has 7 heteroatoms. The average molecular weight is 333 g/mol. The number of hydrogen-bond donors (Lipinski definition) is 3. The summed E-state index contributed by atoms with van der Waals surface area (Å²) < 4.78 is 1.01. The Morgan fingerprint density at radius 2 is 1.95 bits per heavy atom. The zero-order valence-electron chi connectivity index (χ0n) is 10.1. The van der Waals surface area contributed by atoms with Gasteiger partial charge in [-0.05, 0) is 35.0 Å². The van der Waals surface area contributed by atoms with Crippen molar-refractivity contribution in [1.29, 1.82) is 0 Å². The van der Waals surface area contributed by atoms with Crippen LogP contribution in [0.4, 0.5) is 11.5 Å². The van der Waals surface area contributed by atoms with E-state index >= 15 is 0 Å². The third-order valence-corrected chi connectivity index (χ3v) is 3.32. The summed E-state index contributed by atoms with van der Waals surface area (Å²) in [4.78, 5) is 11.0. The highest BCUT2D eigenvalue weighted by molar-refractivity contribution is 9.10. The molecule has 0 saturated heterocycles. The van der Waals surface area contributed by atoms with Crippen LogP contribution in [0.3, 0.4) is 0 Å². The second kappa shape index (κ2) is 4.93. The molecule has 1 heterocycles. The lowest BCUT2D eigenvalue weighted by Crippen LogP contribution is -2.02. The summed E-state index contributed by atoms with van der Waals surface area (Å²) >= 11 is 3.42. The quantitative estimate of drug-likeness (QED) is 0.685. The summed E-state index contributed by atoms with van der Waals surface area (Å²) in [5.74, 6) is -0.920. The van der Waals surface area contributed by atoms with Crippen molar-refractivity contribution < 1.29 is 9.90 Å². The Hall–Kier alpha value is -2.41. The smallest absolute Gasteiger partial charge is 0.357 e. The predicted molar refractivity (Wildman–Crippen MR) is 78.3 cm³/mol. The number of H-pyrrole nitrogens is 1. The van der Waals surface area contributed by atoms with Crippen molar-refractivity contribution in [3.05, 3.63) is 46.6 Å². The number of carbonyl (C=O) groups is 1. The maximum atomic E-state index is 11.0. The van der Waals surface area contributed by atoms with E-state index in [1.54, 1.807) is 0 Å². The van der Waals surface area contributed by atoms with Crippen LogP contribution in [0.15, 0.2) is 40.9 Å². The first-order chi connectivity index (χ1) is 9.63. The summed E-state index contributed by atoms with van der Waals surface area (Å²) in [6.07, 6.45) is 0. The lowest BCUT2D eigenvalue weighted by Gasteiger charge is -2.05. The molecule has 1 aromatic heterocycles. The van der Waals surface area contributed by atoms with Crippen molar-refractivity contribution in [2.75, 3.05) is 5.32 Å². The Bertz CT molecular complexity index is 800. The highest BCUT2D eigenvalue weighted by atomic mass is 79.9. The van der Waals surface area contributed by atoms with E-state index < -0.39 is 5.97 Å². The summed E-state index contributed by atoms with van der Waals surface area (Å²) in [6.45, 7) is 0. The molecule has 3 N–H and O–H groups in total. The van der Waals surface area contributed by atoms with E-state index in [1.165, 1.54) is 0 Å². The van der Waals surface area contributed by atoms with Gasteiger partial charge in [0, 0.05) is 10.2 Å². The van der Waals surface area contributed by atoms with Crippen LogP contribution in [-0.4, -0.2) is 26.5 Å². The molecule has 0 aliphatic rings. The van der Waals surface area contributed by atoms with E-state index in [0.717, 1.165) is 20.9 Å². The lowest BCUT2D eigenvalue weighted by molar-refractivity contribution is 0.0691. The zero-order chi connectivity index (χ0) is 14.1. The number of anilines is 2. The Kier molecular flexibility index (Phi) is 3.11. The van der Waals surface area contributed by atoms with Crippen LogP contribution in [0.25, 0.3) is 10.8 Å². The van der Waals surface area contributed by atoms with Crippen LogP contribution in [0.2, 0.25) is 0 Å². The molecular weight excluding hydrogens is 324 g/mol. The molecular formula is C13H9BrN4O2. The number of nitrogens with zero attached hydrogens (tertiary/aromatic N) is 2. The Balaban J connectivity index is 1.96. The van der Waals surface area contributed by atoms with E-state index in [2.05, 4.69) is 36.7 Å². The van der Waals surface area contributed by atoms with E-state index in [1.807, 2.05) is 36.4 Å². The molecule has 0 aliphatic carbocycles. The molecule has 0 atom stereocenters. The van der Waals surface area contributed by atoms with Gasteiger partial charge in [0.05, 0.1) is 0 Å². The molecule has 0 aliphatic heterocycles. The fourth-order valence-electron chi connectivity index (χ4n) is 1.90. The first kappa shape index (κ1) is 12.6. The van der Waals surface area contributed by atoms with Crippen LogP contribution < -0.4 is 5.32 Å². The monoisotopic (exact) mass is 332 g/mol. The Morgan fingerprint density at radius 3 is 2.75 bits per heavy atom. The van der Waals surface area contributed by atoms with Crippen molar-refractivity contribution in [3.63, 3.8) is 0 Å².